The summed E-state index contributed by atoms with van der Waals surface area (Å²) in [6.45, 7) is 1.75. The van der Waals surface area contributed by atoms with Gasteiger partial charge in [0.15, 0.2) is 0 Å². The lowest BCUT2D eigenvalue weighted by molar-refractivity contribution is -0.137. The van der Waals surface area contributed by atoms with Crippen LogP contribution in [0.5, 0.6) is 0 Å². The fourth-order valence-electron chi connectivity index (χ4n) is 1.60. The van der Waals surface area contributed by atoms with E-state index in [4.69, 9.17) is 5.11 Å². The third kappa shape index (κ3) is 1.74. The molecule has 2 aromatic rings. The van der Waals surface area contributed by atoms with Crippen LogP contribution in [-0.2, 0) is 11.3 Å². The molecule has 78 valence electrons. The second-order valence-electron chi connectivity index (χ2n) is 3.27. The third-order valence-corrected chi connectivity index (χ3v) is 2.83. The summed E-state index contributed by atoms with van der Waals surface area (Å²) in [5, 5.41) is 13.9. The van der Waals surface area contributed by atoms with Gasteiger partial charge in [0.1, 0.15) is 6.54 Å². The Labute approximate surface area is 94.6 Å². The lowest BCUT2D eigenvalue weighted by Gasteiger charge is -2.00. The first-order valence-electron chi connectivity index (χ1n) is 4.43. The summed E-state index contributed by atoms with van der Waals surface area (Å²) >= 11 is 3.40. The van der Waals surface area contributed by atoms with Gasteiger partial charge < -0.3 is 5.11 Å². The molecule has 4 nitrogen and oxygen atoms in total. The number of para-hydroxylation sites is 1. The van der Waals surface area contributed by atoms with Crippen molar-refractivity contribution in [2.24, 2.45) is 0 Å². The van der Waals surface area contributed by atoms with Crippen LogP contribution in [0.25, 0.3) is 10.9 Å². The van der Waals surface area contributed by atoms with E-state index in [0.29, 0.717) is 0 Å². The highest BCUT2D eigenvalue weighted by molar-refractivity contribution is 9.10. The third-order valence-electron chi connectivity index (χ3n) is 2.19. The predicted octanol–water partition coefficient (Wildman–Crippen LogP) is 2.19. The Morgan fingerprint density at radius 3 is 3.00 bits per heavy atom. The number of rotatable bonds is 2. The second kappa shape index (κ2) is 3.66. The lowest BCUT2D eigenvalue weighted by Crippen LogP contribution is -2.10. The van der Waals surface area contributed by atoms with Gasteiger partial charge in [0.2, 0.25) is 0 Å². The number of fused-ring (bicyclic) bond motifs is 1. The molecule has 2 rings (SSSR count). The van der Waals surface area contributed by atoms with Crippen LogP contribution in [0, 0.1) is 6.92 Å². The van der Waals surface area contributed by atoms with E-state index in [-0.39, 0.29) is 6.54 Å². The molecule has 1 aromatic heterocycles. The highest BCUT2D eigenvalue weighted by atomic mass is 79.9. The van der Waals surface area contributed by atoms with Gasteiger partial charge in [-0.05, 0) is 28.9 Å². The van der Waals surface area contributed by atoms with Crippen LogP contribution in [0.4, 0.5) is 0 Å². The van der Waals surface area contributed by atoms with E-state index in [9.17, 15) is 4.79 Å². The van der Waals surface area contributed by atoms with Crippen molar-refractivity contribution in [2.45, 2.75) is 13.5 Å². The predicted molar refractivity (Wildman–Crippen MR) is 59.8 cm³/mol. The number of aryl methyl sites for hydroxylation is 1. The monoisotopic (exact) mass is 268 g/mol. The van der Waals surface area contributed by atoms with Gasteiger partial charge in [0, 0.05) is 9.86 Å². The minimum atomic E-state index is -0.893. The van der Waals surface area contributed by atoms with Crippen LogP contribution in [-0.4, -0.2) is 20.9 Å². The number of benzene rings is 1. The molecule has 1 aromatic carbocycles. The van der Waals surface area contributed by atoms with Crippen LogP contribution >= 0.6 is 15.9 Å². The number of halogens is 1. The maximum atomic E-state index is 10.7. The van der Waals surface area contributed by atoms with Crippen molar-refractivity contribution >= 4 is 32.8 Å². The molecule has 0 amide bonds. The molecule has 5 heteroatoms. The summed E-state index contributed by atoms with van der Waals surface area (Å²) in [6, 6.07) is 5.72. The minimum Gasteiger partial charge on any atom is -0.480 e. The molecular weight excluding hydrogens is 260 g/mol. The Morgan fingerprint density at radius 1 is 1.60 bits per heavy atom. The summed E-state index contributed by atoms with van der Waals surface area (Å²) in [7, 11) is 0. The van der Waals surface area contributed by atoms with Gasteiger partial charge >= 0.3 is 5.97 Å². The average molecular weight is 269 g/mol. The van der Waals surface area contributed by atoms with Crippen molar-refractivity contribution in [2.75, 3.05) is 0 Å². The first-order valence-corrected chi connectivity index (χ1v) is 5.22. The van der Waals surface area contributed by atoms with Gasteiger partial charge in [-0.1, -0.05) is 12.1 Å². The highest BCUT2D eigenvalue weighted by Gasteiger charge is 2.11. The summed E-state index contributed by atoms with van der Waals surface area (Å²) in [6.07, 6.45) is 0. The second-order valence-corrected chi connectivity index (χ2v) is 4.13. The highest BCUT2D eigenvalue weighted by Crippen LogP contribution is 2.25. The number of aliphatic carboxylic acids is 1. The van der Waals surface area contributed by atoms with Crippen LogP contribution < -0.4 is 0 Å². The molecule has 1 N–H and O–H groups in total. The van der Waals surface area contributed by atoms with E-state index in [2.05, 4.69) is 21.0 Å². The molecule has 0 atom stereocenters. The van der Waals surface area contributed by atoms with Crippen molar-refractivity contribution in [3.63, 3.8) is 0 Å². The molecule has 0 spiro atoms. The zero-order valence-electron chi connectivity index (χ0n) is 8.07. The number of carboxylic acid groups (broad SMARTS) is 1. The van der Waals surface area contributed by atoms with Crippen molar-refractivity contribution in [3.8, 4) is 0 Å². The number of nitrogens with zero attached hydrogens (tertiary/aromatic N) is 2. The molecule has 0 aliphatic rings. The fourth-order valence-corrected chi connectivity index (χ4v) is 2.17. The van der Waals surface area contributed by atoms with Crippen LogP contribution in [0.15, 0.2) is 22.7 Å². The molecule has 0 aliphatic heterocycles. The SMILES string of the molecule is Cc1nn(CC(=O)O)c2c(Br)cccc12. The minimum absolute atomic E-state index is 0.118. The Bertz CT molecular complexity index is 533. The van der Waals surface area contributed by atoms with Gasteiger partial charge in [-0.15, -0.1) is 0 Å². The normalized spacial score (nSPS) is 10.8. The zero-order valence-corrected chi connectivity index (χ0v) is 9.65. The average Bonchev–Trinajstić information content (AvgIpc) is 2.44. The summed E-state index contributed by atoms with van der Waals surface area (Å²) in [5.41, 5.74) is 1.67. The maximum Gasteiger partial charge on any atom is 0.325 e. The van der Waals surface area contributed by atoms with Gasteiger partial charge in [-0.3, -0.25) is 9.48 Å². The van der Waals surface area contributed by atoms with Gasteiger partial charge in [-0.25, -0.2) is 0 Å². The molecule has 0 fully saturated rings. The number of hydrogen-bond donors (Lipinski definition) is 1. The molecule has 1 heterocycles. The van der Waals surface area contributed by atoms with Crippen molar-refractivity contribution in [1.29, 1.82) is 0 Å². The maximum absolute atomic E-state index is 10.7. The van der Waals surface area contributed by atoms with E-state index < -0.39 is 5.97 Å². The van der Waals surface area contributed by atoms with E-state index in [1.807, 2.05) is 25.1 Å². The number of carbonyl (C=O) groups is 1. The first-order chi connectivity index (χ1) is 7.09. The largest absolute Gasteiger partial charge is 0.480 e. The Kier molecular flexibility index (Phi) is 2.48. The fraction of sp³-hybridized carbons (Fsp3) is 0.200. The number of hydrogen-bond acceptors (Lipinski definition) is 2. The Morgan fingerprint density at radius 2 is 2.33 bits per heavy atom. The van der Waals surface area contributed by atoms with Crippen LogP contribution in [0.2, 0.25) is 0 Å². The van der Waals surface area contributed by atoms with Gasteiger partial charge in [0.05, 0.1) is 11.2 Å². The van der Waals surface area contributed by atoms with E-state index >= 15 is 0 Å². The molecule has 0 unspecified atom stereocenters. The molecular formula is C10H9BrN2O2. The van der Waals surface area contributed by atoms with E-state index in [1.54, 1.807) is 0 Å². The molecule has 15 heavy (non-hydrogen) atoms. The smallest absolute Gasteiger partial charge is 0.325 e. The molecule has 0 aliphatic carbocycles. The van der Waals surface area contributed by atoms with Crippen LogP contribution in [0.1, 0.15) is 5.69 Å². The molecule has 0 bridgehead atoms. The van der Waals surface area contributed by atoms with E-state index in [1.165, 1.54) is 4.68 Å². The van der Waals surface area contributed by atoms with Gasteiger partial charge in [-0.2, -0.15) is 5.10 Å². The van der Waals surface area contributed by atoms with Crippen LogP contribution in [0.3, 0.4) is 0 Å². The van der Waals surface area contributed by atoms with Crippen molar-refractivity contribution in [3.05, 3.63) is 28.4 Å². The van der Waals surface area contributed by atoms with Gasteiger partial charge in [0.25, 0.3) is 0 Å². The van der Waals surface area contributed by atoms with Crippen molar-refractivity contribution in [1.82, 2.24) is 9.78 Å². The standard InChI is InChI=1S/C10H9BrN2O2/c1-6-7-3-2-4-8(11)10(7)13(12-6)5-9(14)15/h2-4H,5H2,1H3,(H,14,15). The Balaban J connectivity index is 2.70. The summed E-state index contributed by atoms with van der Waals surface area (Å²) < 4.78 is 2.36. The quantitative estimate of drug-likeness (QED) is 0.909. The Hall–Kier alpha value is -1.36. The number of aromatic nitrogens is 2. The molecule has 0 radical (unpaired) electrons. The summed E-state index contributed by atoms with van der Waals surface area (Å²) in [4.78, 5) is 10.7. The summed E-state index contributed by atoms with van der Waals surface area (Å²) in [5.74, 6) is -0.893. The zero-order chi connectivity index (χ0) is 11.0. The molecule has 0 saturated carbocycles. The first kappa shape index (κ1) is 10.2. The molecule has 0 saturated heterocycles. The van der Waals surface area contributed by atoms with Crippen molar-refractivity contribution < 1.29 is 9.90 Å². The lowest BCUT2D eigenvalue weighted by atomic mass is 10.2. The number of carboxylic acids is 1. The van der Waals surface area contributed by atoms with E-state index in [0.717, 1.165) is 21.1 Å². The topological polar surface area (TPSA) is 55.1 Å².